The second kappa shape index (κ2) is 10.7. The first-order chi connectivity index (χ1) is 12.7. The summed E-state index contributed by atoms with van der Waals surface area (Å²) < 4.78 is 18.9. The van der Waals surface area contributed by atoms with E-state index in [1.54, 1.807) is 12.1 Å². The zero-order chi connectivity index (χ0) is 18.2. The van der Waals surface area contributed by atoms with E-state index in [9.17, 15) is 9.50 Å². The van der Waals surface area contributed by atoms with E-state index in [2.05, 4.69) is 5.32 Å². The summed E-state index contributed by atoms with van der Waals surface area (Å²) in [5.41, 5.74) is 2.81. The molecule has 0 aliphatic rings. The molecule has 0 saturated carbocycles. The number of aliphatic hydroxyl groups is 1. The SMILES string of the molecule is Cl.OC(CNCc1ccccc1OCc1ccc(F)cc1)c1ccccc1. The Hall–Kier alpha value is -2.40. The molecule has 0 spiro atoms. The van der Waals surface area contributed by atoms with Crippen LogP contribution in [-0.4, -0.2) is 11.7 Å². The fourth-order valence-corrected chi connectivity index (χ4v) is 2.67. The first-order valence-corrected chi connectivity index (χ1v) is 8.61. The molecule has 2 N–H and O–H groups in total. The normalized spacial score (nSPS) is 11.5. The molecule has 0 amide bonds. The molecular formula is C22H23ClFNO2. The van der Waals surface area contributed by atoms with Gasteiger partial charge in [0.25, 0.3) is 0 Å². The van der Waals surface area contributed by atoms with Gasteiger partial charge in [-0.15, -0.1) is 12.4 Å². The molecule has 3 aromatic rings. The van der Waals surface area contributed by atoms with Crippen molar-refractivity contribution in [2.45, 2.75) is 19.3 Å². The molecule has 0 aromatic heterocycles. The molecule has 3 rings (SSSR count). The van der Waals surface area contributed by atoms with Crippen LogP contribution >= 0.6 is 12.4 Å². The third-order valence-corrected chi connectivity index (χ3v) is 4.12. The Morgan fingerprint density at radius 3 is 2.30 bits per heavy atom. The number of ether oxygens (including phenoxy) is 1. The fourth-order valence-electron chi connectivity index (χ4n) is 2.67. The van der Waals surface area contributed by atoms with E-state index in [4.69, 9.17) is 4.74 Å². The van der Waals surface area contributed by atoms with Crippen molar-refractivity contribution >= 4 is 12.4 Å². The lowest BCUT2D eigenvalue weighted by Gasteiger charge is -2.15. The summed E-state index contributed by atoms with van der Waals surface area (Å²) in [6.07, 6.45) is -0.552. The summed E-state index contributed by atoms with van der Waals surface area (Å²) in [7, 11) is 0. The number of nitrogens with one attached hydrogen (secondary N) is 1. The second-order valence-electron chi connectivity index (χ2n) is 6.08. The first kappa shape index (κ1) is 20.9. The van der Waals surface area contributed by atoms with Gasteiger partial charge in [-0.2, -0.15) is 0 Å². The number of aliphatic hydroxyl groups excluding tert-OH is 1. The lowest BCUT2D eigenvalue weighted by molar-refractivity contribution is 0.174. The van der Waals surface area contributed by atoms with Crippen LogP contribution in [0.4, 0.5) is 4.39 Å². The molecule has 0 saturated heterocycles. The van der Waals surface area contributed by atoms with Gasteiger partial charge in [-0.05, 0) is 29.3 Å². The van der Waals surface area contributed by atoms with Gasteiger partial charge in [0.1, 0.15) is 18.2 Å². The summed E-state index contributed by atoms with van der Waals surface area (Å²) in [5, 5.41) is 13.5. The van der Waals surface area contributed by atoms with Crippen LogP contribution in [0.1, 0.15) is 22.8 Å². The van der Waals surface area contributed by atoms with Crippen molar-refractivity contribution in [2.75, 3.05) is 6.54 Å². The lowest BCUT2D eigenvalue weighted by atomic mass is 10.1. The fraction of sp³-hybridized carbons (Fsp3) is 0.182. The van der Waals surface area contributed by atoms with Gasteiger partial charge < -0.3 is 15.2 Å². The highest BCUT2D eigenvalue weighted by Crippen LogP contribution is 2.20. The van der Waals surface area contributed by atoms with E-state index in [-0.39, 0.29) is 18.2 Å². The van der Waals surface area contributed by atoms with E-state index >= 15 is 0 Å². The van der Waals surface area contributed by atoms with E-state index < -0.39 is 6.10 Å². The first-order valence-electron chi connectivity index (χ1n) is 8.61. The Kier molecular flexibility index (Phi) is 8.27. The van der Waals surface area contributed by atoms with E-state index in [0.29, 0.717) is 19.7 Å². The van der Waals surface area contributed by atoms with Gasteiger partial charge in [0.15, 0.2) is 0 Å². The maximum atomic E-state index is 13.0. The highest BCUT2D eigenvalue weighted by Gasteiger charge is 2.08. The van der Waals surface area contributed by atoms with Crippen molar-refractivity contribution in [3.05, 3.63) is 101 Å². The predicted molar refractivity (Wildman–Crippen MR) is 108 cm³/mol. The van der Waals surface area contributed by atoms with Gasteiger partial charge in [-0.3, -0.25) is 0 Å². The number of hydrogen-bond donors (Lipinski definition) is 2. The van der Waals surface area contributed by atoms with E-state index in [1.807, 2.05) is 54.6 Å². The molecule has 0 bridgehead atoms. The summed E-state index contributed by atoms with van der Waals surface area (Å²) in [6, 6.07) is 23.6. The van der Waals surface area contributed by atoms with Crippen molar-refractivity contribution in [1.82, 2.24) is 5.32 Å². The summed E-state index contributed by atoms with van der Waals surface area (Å²) in [6.45, 7) is 1.42. The minimum atomic E-state index is -0.552. The Labute approximate surface area is 165 Å². The molecule has 142 valence electrons. The lowest BCUT2D eigenvalue weighted by Crippen LogP contribution is -2.21. The molecule has 3 aromatic carbocycles. The average molecular weight is 388 g/mol. The van der Waals surface area contributed by atoms with Gasteiger partial charge in [0.2, 0.25) is 0 Å². The largest absolute Gasteiger partial charge is 0.489 e. The van der Waals surface area contributed by atoms with E-state index in [1.165, 1.54) is 12.1 Å². The summed E-state index contributed by atoms with van der Waals surface area (Å²) in [5.74, 6) is 0.522. The molecule has 0 radical (unpaired) electrons. The maximum absolute atomic E-state index is 13.0. The zero-order valence-electron chi connectivity index (χ0n) is 14.8. The average Bonchev–Trinajstić information content (AvgIpc) is 2.69. The van der Waals surface area contributed by atoms with Crippen molar-refractivity contribution in [3.8, 4) is 5.75 Å². The van der Waals surface area contributed by atoms with Crippen molar-refractivity contribution in [2.24, 2.45) is 0 Å². The van der Waals surface area contributed by atoms with Crippen LogP contribution in [0, 0.1) is 5.82 Å². The van der Waals surface area contributed by atoms with Crippen molar-refractivity contribution in [1.29, 1.82) is 0 Å². The van der Waals surface area contributed by atoms with Crippen LogP contribution in [0.25, 0.3) is 0 Å². The Morgan fingerprint density at radius 2 is 1.56 bits per heavy atom. The third kappa shape index (κ3) is 6.36. The van der Waals surface area contributed by atoms with Crippen LogP contribution in [0.15, 0.2) is 78.9 Å². The Balaban J connectivity index is 0.00000261. The van der Waals surface area contributed by atoms with Gasteiger partial charge in [0.05, 0.1) is 6.10 Å². The Bertz CT molecular complexity index is 812. The number of para-hydroxylation sites is 1. The summed E-state index contributed by atoms with van der Waals surface area (Å²) in [4.78, 5) is 0. The monoisotopic (exact) mass is 387 g/mol. The van der Waals surface area contributed by atoms with Crippen molar-refractivity contribution in [3.63, 3.8) is 0 Å². The van der Waals surface area contributed by atoms with Crippen LogP contribution in [0.3, 0.4) is 0 Å². The van der Waals surface area contributed by atoms with Crippen molar-refractivity contribution < 1.29 is 14.2 Å². The van der Waals surface area contributed by atoms with Gasteiger partial charge in [-0.25, -0.2) is 4.39 Å². The highest BCUT2D eigenvalue weighted by molar-refractivity contribution is 5.85. The Morgan fingerprint density at radius 1 is 0.889 bits per heavy atom. The molecule has 27 heavy (non-hydrogen) atoms. The smallest absolute Gasteiger partial charge is 0.124 e. The predicted octanol–water partition coefficient (Wildman–Crippen LogP) is 4.65. The number of halogens is 2. The number of hydrogen-bond acceptors (Lipinski definition) is 3. The molecule has 0 fully saturated rings. The highest BCUT2D eigenvalue weighted by atomic mass is 35.5. The molecule has 0 aliphatic carbocycles. The summed E-state index contributed by atoms with van der Waals surface area (Å²) >= 11 is 0. The minimum Gasteiger partial charge on any atom is -0.489 e. The molecule has 5 heteroatoms. The van der Waals surface area contributed by atoms with E-state index in [0.717, 1.165) is 22.4 Å². The van der Waals surface area contributed by atoms with Gasteiger partial charge in [0, 0.05) is 18.7 Å². The molecule has 1 atom stereocenters. The third-order valence-electron chi connectivity index (χ3n) is 4.12. The number of rotatable bonds is 8. The molecule has 0 heterocycles. The van der Waals surface area contributed by atoms with Gasteiger partial charge in [-0.1, -0.05) is 60.7 Å². The van der Waals surface area contributed by atoms with Gasteiger partial charge >= 0.3 is 0 Å². The van der Waals surface area contributed by atoms with Crippen LogP contribution in [-0.2, 0) is 13.2 Å². The standard InChI is InChI=1S/C22H22FNO2.ClH/c23-20-12-10-17(11-13-20)16-26-22-9-5-4-8-19(22)14-24-15-21(25)18-6-2-1-3-7-18;/h1-13,21,24-25H,14-16H2;1H. The zero-order valence-corrected chi connectivity index (χ0v) is 15.7. The maximum Gasteiger partial charge on any atom is 0.124 e. The number of benzene rings is 3. The second-order valence-corrected chi connectivity index (χ2v) is 6.08. The topological polar surface area (TPSA) is 41.5 Å². The molecule has 0 aliphatic heterocycles. The van der Waals surface area contributed by atoms with Crippen LogP contribution in [0.2, 0.25) is 0 Å². The quantitative estimate of drug-likeness (QED) is 0.591. The molecule has 1 unspecified atom stereocenters. The van der Waals surface area contributed by atoms with Crippen LogP contribution in [0.5, 0.6) is 5.75 Å². The van der Waals surface area contributed by atoms with Crippen LogP contribution < -0.4 is 10.1 Å². The minimum absolute atomic E-state index is 0. The molecular weight excluding hydrogens is 365 g/mol. The molecule has 3 nitrogen and oxygen atoms in total.